The van der Waals surface area contributed by atoms with E-state index >= 15 is 0 Å². The molecule has 0 bridgehead atoms. The Kier molecular flexibility index (Phi) is 11.5. The van der Waals surface area contributed by atoms with Crippen LogP contribution in [0.4, 0.5) is 11.4 Å². The summed E-state index contributed by atoms with van der Waals surface area (Å²) < 4.78 is 5.31. The number of unbranched alkanes of at least 4 members (excludes halogenated alkanes) is 3. The van der Waals surface area contributed by atoms with Crippen LogP contribution in [0.2, 0.25) is 0 Å². The third-order valence-corrected chi connectivity index (χ3v) is 5.35. The quantitative estimate of drug-likeness (QED) is 0.302. The number of anilines is 2. The van der Waals surface area contributed by atoms with Crippen LogP contribution in [0, 0.1) is 5.92 Å². The fourth-order valence-electron chi connectivity index (χ4n) is 3.47. The van der Waals surface area contributed by atoms with Gasteiger partial charge in [-0.05, 0) is 43.5 Å². The first-order valence-corrected chi connectivity index (χ1v) is 12.0. The maximum atomic E-state index is 12.9. The van der Waals surface area contributed by atoms with Gasteiger partial charge in [0, 0.05) is 13.2 Å². The number of hydrazine groups is 1. The Bertz CT molecular complexity index is 732. The lowest BCUT2D eigenvalue weighted by atomic mass is 10.0. The Morgan fingerprint density at radius 3 is 1.44 bits per heavy atom. The summed E-state index contributed by atoms with van der Waals surface area (Å²) in [5.74, 6) is -0.868. The van der Waals surface area contributed by atoms with Gasteiger partial charge in [0.25, 0.3) is 11.8 Å². The molecule has 1 saturated heterocycles. The second kappa shape index (κ2) is 14.4. The summed E-state index contributed by atoms with van der Waals surface area (Å²) in [6, 6.07) is 18.7. The Hall–Kier alpha value is -2.66. The van der Waals surface area contributed by atoms with E-state index in [9.17, 15) is 9.59 Å². The fourth-order valence-corrected chi connectivity index (χ4v) is 3.47. The first kappa shape index (κ1) is 25.6. The maximum Gasteiger partial charge on any atom is 0.258 e. The highest BCUT2D eigenvalue weighted by Crippen LogP contribution is 2.33. The van der Waals surface area contributed by atoms with Crippen LogP contribution in [0.25, 0.3) is 0 Å². The Balaban J connectivity index is 0.000000344. The van der Waals surface area contributed by atoms with Gasteiger partial charge in [-0.2, -0.15) is 0 Å². The van der Waals surface area contributed by atoms with Gasteiger partial charge in [0.1, 0.15) is 5.92 Å². The molecule has 5 heteroatoms. The van der Waals surface area contributed by atoms with Crippen LogP contribution in [0.15, 0.2) is 60.7 Å². The van der Waals surface area contributed by atoms with Gasteiger partial charge in [0.15, 0.2) is 0 Å². The van der Waals surface area contributed by atoms with Crippen molar-refractivity contribution in [2.45, 2.75) is 65.7 Å². The van der Waals surface area contributed by atoms with E-state index in [4.69, 9.17) is 4.74 Å². The second-order valence-electron chi connectivity index (χ2n) is 7.99. The van der Waals surface area contributed by atoms with E-state index in [2.05, 4.69) is 20.8 Å². The smallest absolute Gasteiger partial charge is 0.258 e. The summed E-state index contributed by atoms with van der Waals surface area (Å²) in [7, 11) is 0. The van der Waals surface area contributed by atoms with Gasteiger partial charge in [-0.1, -0.05) is 82.9 Å². The van der Waals surface area contributed by atoms with E-state index in [1.165, 1.54) is 35.7 Å². The molecule has 174 valence electrons. The number of amides is 2. The van der Waals surface area contributed by atoms with Crippen LogP contribution in [0.1, 0.15) is 65.7 Å². The standard InChI is InChI=1S/C19H20N2O2.C8H18O/c1-2-3-14-17-18(22)20(15-10-6-4-7-11-15)21(19(17)23)16-12-8-5-9-13-16;1-3-5-7-9-8-6-4-2/h4-13,17H,2-3,14H2,1H3;3-8H2,1-2H3. The van der Waals surface area contributed by atoms with E-state index in [1.54, 1.807) is 0 Å². The van der Waals surface area contributed by atoms with Gasteiger partial charge in [0.2, 0.25) is 0 Å². The summed E-state index contributed by atoms with van der Waals surface area (Å²) in [5, 5.41) is 3.02. The molecule has 1 aliphatic heterocycles. The molecule has 1 fully saturated rings. The first-order chi connectivity index (χ1) is 15.7. The monoisotopic (exact) mass is 438 g/mol. The van der Waals surface area contributed by atoms with Crippen molar-refractivity contribution in [1.82, 2.24) is 0 Å². The van der Waals surface area contributed by atoms with Crippen LogP contribution in [-0.4, -0.2) is 25.0 Å². The fraction of sp³-hybridized carbons (Fsp3) is 0.481. The zero-order valence-electron chi connectivity index (χ0n) is 19.8. The van der Waals surface area contributed by atoms with Gasteiger partial charge < -0.3 is 4.74 Å². The average Bonchev–Trinajstić information content (AvgIpc) is 3.08. The first-order valence-electron chi connectivity index (χ1n) is 12.0. The highest BCUT2D eigenvalue weighted by molar-refractivity contribution is 6.22. The molecule has 2 amide bonds. The van der Waals surface area contributed by atoms with E-state index in [-0.39, 0.29) is 11.8 Å². The number of nitrogens with zero attached hydrogens (tertiary/aromatic N) is 2. The topological polar surface area (TPSA) is 49.9 Å². The average molecular weight is 439 g/mol. The lowest BCUT2D eigenvalue weighted by Crippen LogP contribution is -2.41. The minimum atomic E-state index is -0.588. The lowest BCUT2D eigenvalue weighted by molar-refractivity contribution is -0.127. The Morgan fingerprint density at radius 2 is 1.06 bits per heavy atom. The number of para-hydroxylation sites is 2. The molecule has 32 heavy (non-hydrogen) atoms. The molecule has 0 spiro atoms. The Labute approximate surface area is 193 Å². The van der Waals surface area contributed by atoms with Crippen LogP contribution < -0.4 is 10.0 Å². The molecule has 0 N–H and O–H groups in total. The second-order valence-corrected chi connectivity index (χ2v) is 7.99. The maximum absolute atomic E-state index is 12.9. The van der Waals surface area contributed by atoms with Crippen molar-refractivity contribution in [2.75, 3.05) is 23.2 Å². The van der Waals surface area contributed by atoms with Gasteiger partial charge in [-0.3, -0.25) is 9.59 Å². The lowest BCUT2D eigenvalue weighted by Gasteiger charge is -2.27. The van der Waals surface area contributed by atoms with Crippen molar-refractivity contribution in [3.8, 4) is 0 Å². The Morgan fingerprint density at radius 1 is 0.656 bits per heavy atom. The minimum absolute atomic E-state index is 0.140. The van der Waals surface area contributed by atoms with Crippen molar-refractivity contribution in [1.29, 1.82) is 0 Å². The largest absolute Gasteiger partial charge is 0.381 e. The number of benzene rings is 2. The molecule has 0 saturated carbocycles. The van der Waals surface area contributed by atoms with E-state index in [1.807, 2.05) is 60.7 Å². The molecule has 2 aromatic rings. The predicted molar refractivity (Wildman–Crippen MR) is 132 cm³/mol. The molecule has 1 heterocycles. The number of hydrogen-bond donors (Lipinski definition) is 0. The zero-order valence-corrected chi connectivity index (χ0v) is 19.8. The summed E-state index contributed by atoms with van der Waals surface area (Å²) in [6.45, 7) is 8.34. The van der Waals surface area contributed by atoms with Gasteiger partial charge in [-0.15, -0.1) is 0 Å². The molecule has 0 aromatic heterocycles. The highest BCUT2D eigenvalue weighted by Gasteiger charge is 2.46. The van der Waals surface area contributed by atoms with Crippen molar-refractivity contribution >= 4 is 23.2 Å². The predicted octanol–water partition coefficient (Wildman–Crippen LogP) is 6.39. The van der Waals surface area contributed by atoms with Gasteiger partial charge in [0.05, 0.1) is 11.4 Å². The summed E-state index contributed by atoms with van der Waals surface area (Å²) >= 11 is 0. The van der Waals surface area contributed by atoms with Crippen LogP contribution >= 0.6 is 0 Å². The molecule has 0 radical (unpaired) electrons. The highest BCUT2D eigenvalue weighted by atomic mass is 16.5. The molecule has 0 aliphatic carbocycles. The number of rotatable bonds is 11. The van der Waals surface area contributed by atoms with E-state index in [0.29, 0.717) is 17.8 Å². The number of hydrogen-bond acceptors (Lipinski definition) is 3. The number of carbonyl (C=O) groups is 2. The molecule has 5 nitrogen and oxygen atoms in total. The van der Waals surface area contributed by atoms with Crippen LogP contribution in [-0.2, 0) is 14.3 Å². The zero-order chi connectivity index (χ0) is 23.2. The minimum Gasteiger partial charge on any atom is -0.381 e. The molecule has 0 atom stereocenters. The van der Waals surface area contributed by atoms with Crippen LogP contribution in [0.3, 0.4) is 0 Å². The van der Waals surface area contributed by atoms with Gasteiger partial charge >= 0.3 is 0 Å². The van der Waals surface area contributed by atoms with Crippen molar-refractivity contribution < 1.29 is 14.3 Å². The summed E-state index contributed by atoms with van der Waals surface area (Å²) in [5.41, 5.74) is 1.43. The third-order valence-electron chi connectivity index (χ3n) is 5.35. The van der Waals surface area contributed by atoms with Crippen LogP contribution in [0.5, 0.6) is 0 Å². The third kappa shape index (κ3) is 7.20. The molecular weight excluding hydrogens is 400 g/mol. The summed E-state index contributed by atoms with van der Waals surface area (Å²) in [6.07, 6.45) is 7.34. The van der Waals surface area contributed by atoms with E-state index in [0.717, 1.165) is 26.1 Å². The normalized spacial score (nSPS) is 14.0. The van der Waals surface area contributed by atoms with Crippen molar-refractivity contribution in [2.24, 2.45) is 5.92 Å². The molecular formula is C27H38N2O3. The SMILES string of the molecule is CCCCC1C(=O)N(c2ccccc2)N(c2ccccc2)C1=O.CCCCOCCCC. The summed E-state index contributed by atoms with van der Waals surface area (Å²) in [4.78, 5) is 25.7. The number of ether oxygens (including phenoxy) is 1. The molecule has 3 rings (SSSR count). The molecule has 2 aromatic carbocycles. The van der Waals surface area contributed by atoms with Gasteiger partial charge in [-0.25, -0.2) is 10.0 Å². The van der Waals surface area contributed by atoms with Crippen molar-refractivity contribution in [3.05, 3.63) is 60.7 Å². The van der Waals surface area contributed by atoms with E-state index < -0.39 is 5.92 Å². The number of carbonyl (C=O) groups excluding carboxylic acids is 2. The molecule has 1 aliphatic rings. The van der Waals surface area contributed by atoms with Crippen molar-refractivity contribution in [3.63, 3.8) is 0 Å². The molecule has 0 unspecified atom stereocenters.